The minimum atomic E-state index is -0.653. The Morgan fingerprint density at radius 3 is 2.47 bits per heavy atom. The van der Waals surface area contributed by atoms with E-state index in [-0.39, 0.29) is 17.9 Å². The van der Waals surface area contributed by atoms with Gasteiger partial charge in [-0.15, -0.1) is 0 Å². The molecule has 1 aliphatic rings. The maximum Gasteiger partial charge on any atom is 0.407 e. The Bertz CT molecular complexity index is 1110. The Hall–Kier alpha value is -3.81. The Morgan fingerprint density at radius 2 is 1.79 bits per heavy atom. The molecule has 2 atom stereocenters. The van der Waals surface area contributed by atoms with Gasteiger partial charge in [0.05, 0.1) is 25.0 Å². The highest BCUT2D eigenvalue weighted by molar-refractivity contribution is 5.86. The van der Waals surface area contributed by atoms with Gasteiger partial charge in [-0.2, -0.15) is 0 Å². The highest BCUT2D eigenvalue weighted by Crippen LogP contribution is 2.33. The van der Waals surface area contributed by atoms with Crippen LogP contribution in [0.15, 0.2) is 60.8 Å². The number of nitrogens with one attached hydrogen (secondary N) is 2. The van der Waals surface area contributed by atoms with Crippen LogP contribution in [0.4, 0.5) is 4.79 Å². The van der Waals surface area contributed by atoms with Crippen LogP contribution in [-0.2, 0) is 9.53 Å². The van der Waals surface area contributed by atoms with E-state index in [4.69, 9.17) is 9.47 Å². The average molecular weight is 463 g/mol. The first-order valence-electron chi connectivity index (χ1n) is 11.5. The molecule has 2 amide bonds. The molecule has 0 saturated carbocycles. The number of aromatic nitrogens is 2. The van der Waals surface area contributed by atoms with Gasteiger partial charge in [0.2, 0.25) is 5.91 Å². The van der Waals surface area contributed by atoms with Crippen molar-refractivity contribution in [3.05, 3.63) is 66.6 Å². The molecule has 0 unspecified atom stereocenters. The van der Waals surface area contributed by atoms with Crippen molar-refractivity contribution in [3.8, 4) is 22.8 Å². The highest BCUT2D eigenvalue weighted by atomic mass is 16.5. The summed E-state index contributed by atoms with van der Waals surface area (Å²) in [5, 5.41) is 2.67. The van der Waals surface area contributed by atoms with Crippen LogP contribution in [0.1, 0.15) is 38.6 Å². The van der Waals surface area contributed by atoms with Crippen LogP contribution in [0.25, 0.3) is 11.3 Å². The fraction of sp³-hybridized carbons (Fsp3) is 0.346. The molecule has 2 aromatic carbocycles. The summed E-state index contributed by atoms with van der Waals surface area (Å²) < 4.78 is 10.6. The van der Waals surface area contributed by atoms with Crippen molar-refractivity contribution in [2.45, 2.75) is 38.8 Å². The molecule has 2 N–H and O–H groups in total. The van der Waals surface area contributed by atoms with Gasteiger partial charge >= 0.3 is 6.09 Å². The Balaban J connectivity index is 1.47. The van der Waals surface area contributed by atoms with Crippen LogP contribution in [0.2, 0.25) is 0 Å². The normalized spacial score (nSPS) is 16.4. The van der Waals surface area contributed by atoms with E-state index in [0.29, 0.717) is 6.54 Å². The summed E-state index contributed by atoms with van der Waals surface area (Å²) in [6.45, 7) is 4.43. The number of aromatic amines is 1. The first-order valence-corrected chi connectivity index (χ1v) is 11.5. The standard InChI is InChI=1S/C26H30N4O4/c1-17(2)23(29-26(32)33-3)25(31)30-15-7-10-22(30)24-27-16-21(28-24)18-11-13-20(14-12-18)34-19-8-5-4-6-9-19/h4-6,8-9,11-14,16-17,22-23H,7,10,15H2,1-3H3,(H,27,28)(H,29,32)/t22-,23-/m0/s1. The molecule has 0 radical (unpaired) electrons. The van der Waals surface area contributed by atoms with Gasteiger partial charge in [-0.3, -0.25) is 4.79 Å². The van der Waals surface area contributed by atoms with Gasteiger partial charge in [-0.25, -0.2) is 9.78 Å². The van der Waals surface area contributed by atoms with E-state index in [0.717, 1.165) is 41.4 Å². The number of alkyl carbamates (subject to hydrolysis) is 1. The van der Waals surface area contributed by atoms with E-state index in [9.17, 15) is 9.59 Å². The van der Waals surface area contributed by atoms with Gasteiger partial charge in [-0.1, -0.05) is 32.0 Å². The fourth-order valence-corrected chi connectivity index (χ4v) is 4.17. The second-order valence-electron chi connectivity index (χ2n) is 8.67. The molecular weight excluding hydrogens is 432 g/mol. The average Bonchev–Trinajstić information content (AvgIpc) is 3.53. The van der Waals surface area contributed by atoms with E-state index in [2.05, 4.69) is 15.3 Å². The van der Waals surface area contributed by atoms with Gasteiger partial charge in [0.1, 0.15) is 23.4 Å². The molecule has 1 saturated heterocycles. The van der Waals surface area contributed by atoms with Gasteiger partial charge in [0, 0.05) is 6.54 Å². The van der Waals surface area contributed by atoms with Gasteiger partial charge < -0.3 is 24.7 Å². The summed E-state index contributed by atoms with van der Waals surface area (Å²) in [4.78, 5) is 34.8. The van der Waals surface area contributed by atoms with Crippen molar-refractivity contribution in [2.75, 3.05) is 13.7 Å². The number of imidazole rings is 1. The van der Waals surface area contributed by atoms with Crippen molar-refractivity contribution in [2.24, 2.45) is 5.92 Å². The predicted octanol–water partition coefficient (Wildman–Crippen LogP) is 4.91. The third kappa shape index (κ3) is 5.22. The minimum Gasteiger partial charge on any atom is -0.457 e. The van der Waals surface area contributed by atoms with Crippen molar-refractivity contribution in [1.29, 1.82) is 0 Å². The Morgan fingerprint density at radius 1 is 1.09 bits per heavy atom. The number of methoxy groups -OCH3 is 1. The number of rotatable bonds is 7. The zero-order valence-corrected chi connectivity index (χ0v) is 19.7. The zero-order chi connectivity index (χ0) is 24.1. The number of H-pyrrole nitrogens is 1. The number of likely N-dealkylation sites (tertiary alicyclic amines) is 1. The topological polar surface area (TPSA) is 96.6 Å². The van der Waals surface area contributed by atoms with Crippen LogP contribution in [0, 0.1) is 5.92 Å². The van der Waals surface area contributed by atoms with Crippen LogP contribution < -0.4 is 10.1 Å². The van der Waals surface area contributed by atoms with E-state index >= 15 is 0 Å². The summed E-state index contributed by atoms with van der Waals surface area (Å²) >= 11 is 0. The summed E-state index contributed by atoms with van der Waals surface area (Å²) in [6, 6.07) is 16.6. The number of hydrogen-bond donors (Lipinski definition) is 2. The van der Waals surface area contributed by atoms with Gasteiger partial charge in [0.25, 0.3) is 0 Å². The molecule has 34 heavy (non-hydrogen) atoms. The van der Waals surface area contributed by atoms with Gasteiger partial charge in [-0.05, 0) is 60.7 Å². The van der Waals surface area contributed by atoms with Crippen LogP contribution in [0.5, 0.6) is 11.5 Å². The first kappa shape index (κ1) is 23.4. The molecular formula is C26H30N4O4. The largest absolute Gasteiger partial charge is 0.457 e. The molecule has 178 valence electrons. The van der Waals surface area contributed by atoms with Crippen LogP contribution in [0.3, 0.4) is 0 Å². The second kappa shape index (κ2) is 10.4. The Labute approximate surface area is 199 Å². The zero-order valence-electron chi connectivity index (χ0n) is 19.7. The lowest BCUT2D eigenvalue weighted by atomic mass is 10.0. The molecule has 8 heteroatoms. The first-order chi connectivity index (χ1) is 16.5. The molecule has 0 bridgehead atoms. The number of ether oxygens (including phenoxy) is 2. The number of benzene rings is 2. The van der Waals surface area contributed by atoms with Crippen molar-refractivity contribution in [3.63, 3.8) is 0 Å². The fourth-order valence-electron chi connectivity index (χ4n) is 4.17. The molecule has 1 aliphatic heterocycles. The molecule has 3 aromatic rings. The van der Waals surface area contributed by atoms with E-state index in [1.54, 1.807) is 11.1 Å². The van der Waals surface area contributed by atoms with Gasteiger partial charge in [0.15, 0.2) is 0 Å². The number of nitrogens with zero attached hydrogens (tertiary/aromatic N) is 2. The molecule has 1 aromatic heterocycles. The number of amides is 2. The minimum absolute atomic E-state index is 0.0726. The molecule has 8 nitrogen and oxygen atoms in total. The maximum atomic E-state index is 13.3. The lowest BCUT2D eigenvalue weighted by molar-refractivity contribution is -0.135. The number of carbonyl (C=O) groups is 2. The monoisotopic (exact) mass is 462 g/mol. The molecule has 1 fully saturated rings. The van der Waals surface area contributed by atoms with E-state index in [1.807, 2.05) is 68.4 Å². The Kier molecular flexibility index (Phi) is 7.15. The summed E-state index contributed by atoms with van der Waals surface area (Å²) in [5.41, 5.74) is 1.84. The predicted molar refractivity (Wildman–Crippen MR) is 128 cm³/mol. The lowest BCUT2D eigenvalue weighted by Crippen LogP contribution is -2.51. The quantitative estimate of drug-likeness (QED) is 0.520. The third-order valence-corrected chi connectivity index (χ3v) is 5.98. The van der Waals surface area contributed by atoms with Crippen molar-refractivity contribution in [1.82, 2.24) is 20.2 Å². The number of para-hydroxylation sites is 1. The van der Waals surface area contributed by atoms with Crippen molar-refractivity contribution < 1.29 is 19.1 Å². The molecule has 0 aliphatic carbocycles. The van der Waals surface area contributed by atoms with E-state index < -0.39 is 12.1 Å². The van der Waals surface area contributed by atoms with Crippen LogP contribution in [-0.4, -0.2) is 46.6 Å². The lowest BCUT2D eigenvalue weighted by Gasteiger charge is -2.30. The highest BCUT2D eigenvalue weighted by Gasteiger charge is 2.37. The summed E-state index contributed by atoms with van der Waals surface area (Å²) in [7, 11) is 1.29. The summed E-state index contributed by atoms with van der Waals surface area (Å²) in [5.74, 6) is 2.08. The smallest absolute Gasteiger partial charge is 0.407 e. The van der Waals surface area contributed by atoms with Crippen LogP contribution >= 0.6 is 0 Å². The summed E-state index contributed by atoms with van der Waals surface area (Å²) in [6.07, 6.45) is 2.87. The maximum absolute atomic E-state index is 13.3. The van der Waals surface area contributed by atoms with E-state index in [1.165, 1.54) is 7.11 Å². The second-order valence-corrected chi connectivity index (χ2v) is 8.67. The third-order valence-electron chi connectivity index (χ3n) is 5.98. The molecule has 0 spiro atoms. The molecule has 4 rings (SSSR count). The molecule has 2 heterocycles. The number of carbonyl (C=O) groups excluding carboxylic acids is 2. The van der Waals surface area contributed by atoms with Crippen molar-refractivity contribution >= 4 is 12.0 Å². The SMILES string of the molecule is COC(=O)N[C@H](C(=O)N1CCC[C@H]1c1ncc(-c2ccc(Oc3ccccc3)cc2)[nH]1)C(C)C. The number of hydrogen-bond acceptors (Lipinski definition) is 5.